The van der Waals surface area contributed by atoms with Gasteiger partial charge >= 0.3 is 5.97 Å². The lowest BCUT2D eigenvalue weighted by molar-refractivity contribution is 0.0106. The zero-order valence-corrected chi connectivity index (χ0v) is 9.56. The SMILES string of the molecule is O=C(O)c1ccc(CNN2CCOCC2)cc1. The molecular formula is C12H16N2O3. The first kappa shape index (κ1) is 12.0. The van der Waals surface area contributed by atoms with Crippen LogP contribution in [-0.4, -0.2) is 42.4 Å². The number of nitrogens with zero attached hydrogens (tertiary/aromatic N) is 1. The highest BCUT2D eigenvalue weighted by molar-refractivity contribution is 5.87. The molecule has 1 aliphatic rings. The van der Waals surface area contributed by atoms with Gasteiger partial charge in [-0.05, 0) is 17.7 Å². The van der Waals surface area contributed by atoms with Gasteiger partial charge in [-0.25, -0.2) is 9.80 Å². The molecule has 1 fully saturated rings. The highest BCUT2D eigenvalue weighted by atomic mass is 16.5. The second-order valence-electron chi connectivity index (χ2n) is 3.94. The van der Waals surface area contributed by atoms with Crippen LogP contribution in [0.1, 0.15) is 15.9 Å². The molecule has 0 spiro atoms. The van der Waals surface area contributed by atoms with E-state index in [1.54, 1.807) is 12.1 Å². The lowest BCUT2D eigenvalue weighted by atomic mass is 10.1. The van der Waals surface area contributed by atoms with Crippen LogP contribution in [-0.2, 0) is 11.3 Å². The number of nitrogens with one attached hydrogen (secondary N) is 1. The molecule has 0 saturated carbocycles. The average molecular weight is 236 g/mol. The van der Waals surface area contributed by atoms with Gasteiger partial charge < -0.3 is 9.84 Å². The van der Waals surface area contributed by atoms with Gasteiger partial charge in [-0.15, -0.1) is 0 Å². The number of benzene rings is 1. The fraction of sp³-hybridized carbons (Fsp3) is 0.417. The van der Waals surface area contributed by atoms with E-state index in [9.17, 15) is 4.79 Å². The number of rotatable bonds is 4. The summed E-state index contributed by atoms with van der Waals surface area (Å²) < 4.78 is 5.25. The number of morpholine rings is 1. The zero-order valence-electron chi connectivity index (χ0n) is 9.56. The van der Waals surface area contributed by atoms with Gasteiger partial charge in [0.1, 0.15) is 0 Å². The molecule has 0 unspecified atom stereocenters. The summed E-state index contributed by atoms with van der Waals surface area (Å²) in [5.41, 5.74) is 4.68. The number of ether oxygens (including phenoxy) is 1. The Balaban J connectivity index is 1.84. The summed E-state index contributed by atoms with van der Waals surface area (Å²) in [6.07, 6.45) is 0. The Morgan fingerprint density at radius 1 is 1.29 bits per heavy atom. The van der Waals surface area contributed by atoms with Gasteiger partial charge in [0.25, 0.3) is 0 Å². The first-order valence-electron chi connectivity index (χ1n) is 5.64. The molecule has 0 atom stereocenters. The van der Waals surface area contributed by atoms with Crippen molar-refractivity contribution in [2.45, 2.75) is 6.54 Å². The normalized spacial score (nSPS) is 16.9. The number of carbonyl (C=O) groups is 1. The molecule has 0 aliphatic carbocycles. The van der Waals surface area contributed by atoms with Crippen LogP contribution in [0.25, 0.3) is 0 Å². The Labute approximate surface area is 100.0 Å². The number of carboxylic acid groups (broad SMARTS) is 1. The van der Waals surface area contributed by atoms with Gasteiger partial charge in [-0.3, -0.25) is 5.43 Å². The van der Waals surface area contributed by atoms with Crippen molar-refractivity contribution in [3.63, 3.8) is 0 Å². The Hall–Kier alpha value is -1.43. The predicted octanol–water partition coefficient (Wildman–Crippen LogP) is 0.722. The van der Waals surface area contributed by atoms with Gasteiger partial charge in [0, 0.05) is 19.6 Å². The molecule has 5 nitrogen and oxygen atoms in total. The van der Waals surface area contributed by atoms with Crippen LogP contribution < -0.4 is 5.43 Å². The summed E-state index contributed by atoms with van der Waals surface area (Å²) in [6.45, 7) is 3.98. The zero-order chi connectivity index (χ0) is 12.1. The molecule has 0 bridgehead atoms. The maximum absolute atomic E-state index is 10.7. The Kier molecular flexibility index (Phi) is 4.08. The van der Waals surface area contributed by atoms with Crippen molar-refractivity contribution in [2.24, 2.45) is 0 Å². The van der Waals surface area contributed by atoms with Gasteiger partial charge in [0.2, 0.25) is 0 Å². The van der Waals surface area contributed by atoms with Gasteiger partial charge in [-0.2, -0.15) is 0 Å². The summed E-state index contributed by atoms with van der Waals surface area (Å²) in [5, 5.41) is 10.9. The number of carboxylic acids is 1. The third-order valence-corrected chi connectivity index (χ3v) is 2.72. The lowest BCUT2D eigenvalue weighted by Crippen LogP contribution is -2.45. The molecule has 1 aromatic carbocycles. The predicted molar refractivity (Wildman–Crippen MR) is 62.6 cm³/mol. The standard InChI is InChI=1S/C12H16N2O3/c15-12(16)11-3-1-10(2-4-11)9-13-14-5-7-17-8-6-14/h1-4,13H,5-9H2,(H,15,16). The van der Waals surface area contributed by atoms with Crippen LogP contribution in [0.15, 0.2) is 24.3 Å². The molecule has 1 aromatic rings. The van der Waals surface area contributed by atoms with E-state index >= 15 is 0 Å². The van der Waals surface area contributed by atoms with Crippen molar-refractivity contribution in [3.8, 4) is 0 Å². The lowest BCUT2D eigenvalue weighted by Gasteiger charge is -2.27. The fourth-order valence-electron chi connectivity index (χ4n) is 1.69. The van der Waals surface area contributed by atoms with E-state index in [0.29, 0.717) is 12.1 Å². The van der Waals surface area contributed by atoms with Crippen LogP contribution in [0.4, 0.5) is 0 Å². The third-order valence-electron chi connectivity index (χ3n) is 2.72. The molecule has 0 amide bonds. The van der Waals surface area contributed by atoms with Crippen molar-refractivity contribution in [3.05, 3.63) is 35.4 Å². The smallest absolute Gasteiger partial charge is 0.335 e. The first-order chi connectivity index (χ1) is 8.25. The second-order valence-corrected chi connectivity index (χ2v) is 3.94. The summed E-state index contributed by atoms with van der Waals surface area (Å²) >= 11 is 0. The van der Waals surface area contributed by atoms with Crippen molar-refractivity contribution in [1.82, 2.24) is 10.4 Å². The molecule has 92 valence electrons. The van der Waals surface area contributed by atoms with E-state index in [1.807, 2.05) is 12.1 Å². The number of aromatic carboxylic acids is 1. The summed E-state index contributed by atoms with van der Waals surface area (Å²) in [7, 11) is 0. The molecule has 2 N–H and O–H groups in total. The van der Waals surface area contributed by atoms with E-state index in [1.165, 1.54) is 0 Å². The van der Waals surface area contributed by atoms with E-state index in [2.05, 4.69) is 10.4 Å². The number of hydrogen-bond acceptors (Lipinski definition) is 4. The Morgan fingerprint density at radius 3 is 2.53 bits per heavy atom. The topological polar surface area (TPSA) is 61.8 Å². The largest absolute Gasteiger partial charge is 0.478 e. The summed E-state index contributed by atoms with van der Waals surface area (Å²) in [4.78, 5) is 10.7. The van der Waals surface area contributed by atoms with Crippen molar-refractivity contribution in [1.29, 1.82) is 0 Å². The van der Waals surface area contributed by atoms with Crippen molar-refractivity contribution in [2.75, 3.05) is 26.3 Å². The monoisotopic (exact) mass is 236 g/mol. The quantitative estimate of drug-likeness (QED) is 0.806. The first-order valence-corrected chi connectivity index (χ1v) is 5.64. The van der Waals surface area contributed by atoms with E-state index in [4.69, 9.17) is 9.84 Å². The van der Waals surface area contributed by atoms with E-state index in [0.717, 1.165) is 31.9 Å². The molecule has 2 rings (SSSR count). The van der Waals surface area contributed by atoms with Crippen LogP contribution in [0.5, 0.6) is 0 Å². The van der Waals surface area contributed by atoms with Crippen LogP contribution in [0.3, 0.4) is 0 Å². The fourth-order valence-corrected chi connectivity index (χ4v) is 1.69. The van der Waals surface area contributed by atoms with E-state index in [-0.39, 0.29) is 0 Å². The third kappa shape index (κ3) is 3.52. The molecule has 0 aromatic heterocycles. The highest BCUT2D eigenvalue weighted by Crippen LogP contribution is 2.04. The molecule has 1 aliphatic heterocycles. The van der Waals surface area contributed by atoms with Crippen molar-refractivity contribution >= 4 is 5.97 Å². The van der Waals surface area contributed by atoms with Crippen molar-refractivity contribution < 1.29 is 14.6 Å². The van der Waals surface area contributed by atoms with Gasteiger partial charge in [-0.1, -0.05) is 12.1 Å². The molecular weight excluding hydrogens is 220 g/mol. The maximum Gasteiger partial charge on any atom is 0.335 e. The summed E-state index contributed by atoms with van der Waals surface area (Å²) in [6, 6.07) is 6.91. The van der Waals surface area contributed by atoms with Gasteiger partial charge in [0.05, 0.1) is 18.8 Å². The van der Waals surface area contributed by atoms with Crippen LogP contribution >= 0.6 is 0 Å². The number of hydrazine groups is 1. The molecule has 1 heterocycles. The molecule has 5 heteroatoms. The number of hydrogen-bond donors (Lipinski definition) is 2. The average Bonchev–Trinajstić information content (AvgIpc) is 2.38. The highest BCUT2D eigenvalue weighted by Gasteiger charge is 2.09. The minimum atomic E-state index is -0.891. The minimum Gasteiger partial charge on any atom is -0.478 e. The summed E-state index contributed by atoms with van der Waals surface area (Å²) in [5.74, 6) is -0.891. The minimum absolute atomic E-state index is 0.320. The van der Waals surface area contributed by atoms with Crippen LogP contribution in [0, 0.1) is 0 Å². The van der Waals surface area contributed by atoms with Gasteiger partial charge in [0.15, 0.2) is 0 Å². The second kappa shape index (κ2) is 5.77. The Morgan fingerprint density at radius 2 is 1.94 bits per heavy atom. The van der Waals surface area contributed by atoms with Crippen LogP contribution in [0.2, 0.25) is 0 Å². The molecule has 1 saturated heterocycles. The molecule has 17 heavy (non-hydrogen) atoms. The Bertz CT molecular complexity index is 372. The maximum atomic E-state index is 10.7. The van der Waals surface area contributed by atoms with E-state index < -0.39 is 5.97 Å². The molecule has 0 radical (unpaired) electrons.